The molecule has 4 nitrogen and oxygen atoms in total. The van der Waals surface area contributed by atoms with Gasteiger partial charge in [0.25, 0.3) is 0 Å². The van der Waals surface area contributed by atoms with E-state index >= 15 is 0 Å². The zero-order valence-electron chi connectivity index (χ0n) is 22.0. The van der Waals surface area contributed by atoms with Gasteiger partial charge in [-0.05, 0) is 107 Å². The van der Waals surface area contributed by atoms with Crippen molar-refractivity contribution in [3.63, 3.8) is 0 Å². The second-order valence-electron chi connectivity index (χ2n) is 11.9. The molecule has 4 heteroatoms. The van der Waals surface area contributed by atoms with Gasteiger partial charge >= 0.3 is 0 Å². The van der Waals surface area contributed by atoms with Crippen molar-refractivity contribution in [3.8, 4) is 34.5 Å². The largest absolute Gasteiger partial charge is 0.493 e. The van der Waals surface area contributed by atoms with E-state index in [1.54, 1.807) is 14.2 Å². The van der Waals surface area contributed by atoms with Crippen LogP contribution in [0.3, 0.4) is 0 Å². The molecule has 0 saturated heterocycles. The summed E-state index contributed by atoms with van der Waals surface area (Å²) in [5.74, 6) is 4.74. The lowest BCUT2D eigenvalue weighted by molar-refractivity contribution is 0.347. The molecule has 1 heterocycles. The van der Waals surface area contributed by atoms with Crippen LogP contribution >= 0.6 is 0 Å². The lowest BCUT2D eigenvalue weighted by Gasteiger charge is -2.31. The van der Waals surface area contributed by atoms with Crippen LogP contribution in [0, 0.1) is 13.8 Å². The number of aryl methyl sites for hydroxylation is 2. The molecule has 0 N–H and O–H groups in total. The van der Waals surface area contributed by atoms with E-state index in [1.165, 1.54) is 33.4 Å². The molecule has 35 heavy (non-hydrogen) atoms. The zero-order valence-corrected chi connectivity index (χ0v) is 22.0. The fraction of sp³-hybridized carbons (Fsp3) is 0.419. The minimum absolute atomic E-state index is 0.00106. The fourth-order valence-electron chi connectivity index (χ4n) is 6.96. The number of benzene rings is 3. The Morgan fingerprint density at radius 3 is 1.43 bits per heavy atom. The van der Waals surface area contributed by atoms with E-state index in [-0.39, 0.29) is 16.2 Å². The van der Waals surface area contributed by atoms with Crippen LogP contribution in [0.4, 0.5) is 0 Å². The van der Waals surface area contributed by atoms with Gasteiger partial charge in [0, 0.05) is 5.41 Å². The van der Waals surface area contributed by atoms with E-state index < -0.39 is 0 Å². The first-order chi connectivity index (χ1) is 16.5. The van der Waals surface area contributed by atoms with Gasteiger partial charge in [-0.1, -0.05) is 27.7 Å². The van der Waals surface area contributed by atoms with Gasteiger partial charge in [0.15, 0.2) is 34.5 Å². The zero-order chi connectivity index (χ0) is 24.9. The van der Waals surface area contributed by atoms with Crippen molar-refractivity contribution in [1.82, 2.24) is 0 Å². The molecule has 0 bridgehead atoms. The first-order valence-corrected chi connectivity index (χ1v) is 12.4. The van der Waals surface area contributed by atoms with E-state index in [2.05, 4.69) is 77.9 Å². The third kappa shape index (κ3) is 2.98. The monoisotopic (exact) mass is 470 g/mol. The Kier molecular flexibility index (Phi) is 4.44. The van der Waals surface area contributed by atoms with E-state index in [1.807, 2.05) is 0 Å². The van der Waals surface area contributed by atoms with Crippen LogP contribution in [0.1, 0.15) is 73.9 Å². The minimum Gasteiger partial charge on any atom is -0.493 e. The van der Waals surface area contributed by atoms with Crippen molar-refractivity contribution >= 4 is 0 Å². The highest BCUT2D eigenvalue weighted by Gasteiger charge is 2.57. The van der Waals surface area contributed by atoms with Crippen LogP contribution in [0.25, 0.3) is 0 Å². The Morgan fingerprint density at radius 2 is 0.943 bits per heavy atom. The molecule has 1 unspecified atom stereocenters. The third-order valence-corrected chi connectivity index (χ3v) is 8.58. The van der Waals surface area contributed by atoms with Crippen LogP contribution in [-0.2, 0) is 16.2 Å². The molecule has 1 atom stereocenters. The SMILES string of the molecule is COc1cc2c(cc1OC)C1(CC2(C)C)CC(C)(C)c2cc3c(cc21)Oc1cc(C)c(C)cc1O3. The predicted octanol–water partition coefficient (Wildman–Crippen LogP) is 7.87. The standard InChI is InChI=1S/C31H34O4/c1-17-9-25-26(10-18(17)2)35-28-14-22-20(12-27(28)34-25)30(5,6)16-31(22)15-29(3,4)19-11-23(32-7)24(33-8)13-21(19)31/h9-14H,15-16H2,1-8H3. The van der Waals surface area contributed by atoms with Crippen LogP contribution in [0.2, 0.25) is 0 Å². The lowest BCUT2D eigenvalue weighted by atomic mass is 9.72. The Hall–Kier alpha value is -3.14. The highest BCUT2D eigenvalue weighted by molar-refractivity contribution is 5.67. The molecule has 182 valence electrons. The number of rotatable bonds is 2. The van der Waals surface area contributed by atoms with Gasteiger partial charge in [-0.3, -0.25) is 0 Å². The smallest absolute Gasteiger partial charge is 0.170 e. The molecule has 0 radical (unpaired) electrons. The summed E-state index contributed by atoms with van der Waals surface area (Å²) in [6.07, 6.45) is 2.05. The van der Waals surface area contributed by atoms with Crippen molar-refractivity contribution < 1.29 is 18.9 Å². The van der Waals surface area contributed by atoms with E-state index in [9.17, 15) is 0 Å². The Balaban J connectivity index is 1.56. The van der Waals surface area contributed by atoms with Gasteiger partial charge in [0.05, 0.1) is 14.2 Å². The quantitative estimate of drug-likeness (QED) is 0.299. The third-order valence-electron chi connectivity index (χ3n) is 8.58. The van der Waals surface area contributed by atoms with Gasteiger partial charge in [0.2, 0.25) is 0 Å². The number of ether oxygens (including phenoxy) is 4. The molecule has 1 spiro atoms. The molecule has 0 saturated carbocycles. The highest BCUT2D eigenvalue weighted by atomic mass is 16.6. The summed E-state index contributed by atoms with van der Waals surface area (Å²) in [5, 5.41) is 0. The molecule has 0 aromatic heterocycles. The summed E-state index contributed by atoms with van der Waals surface area (Å²) in [6, 6.07) is 13.0. The van der Waals surface area contributed by atoms with Crippen LogP contribution < -0.4 is 18.9 Å². The molecule has 3 aromatic rings. The fourth-order valence-corrected chi connectivity index (χ4v) is 6.96. The second-order valence-corrected chi connectivity index (χ2v) is 11.9. The number of fused-ring (bicyclic) bond motifs is 6. The Morgan fingerprint density at radius 1 is 0.571 bits per heavy atom. The molecule has 6 rings (SSSR count). The molecular formula is C31H34O4. The second kappa shape index (κ2) is 6.96. The first kappa shape index (κ1) is 22.3. The number of methoxy groups -OCH3 is 2. The Labute approximate surface area is 208 Å². The van der Waals surface area contributed by atoms with Gasteiger partial charge < -0.3 is 18.9 Å². The van der Waals surface area contributed by atoms with Crippen molar-refractivity contribution in [3.05, 3.63) is 69.8 Å². The van der Waals surface area contributed by atoms with Crippen molar-refractivity contribution in [2.24, 2.45) is 0 Å². The average Bonchev–Trinajstić information content (AvgIpc) is 3.15. The summed E-state index contributed by atoms with van der Waals surface area (Å²) >= 11 is 0. The Bertz CT molecular complexity index is 1400. The predicted molar refractivity (Wildman–Crippen MR) is 138 cm³/mol. The minimum atomic E-state index is -0.126. The topological polar surface area (TPSA) is 36.9 Å². The van der Waals surface area contributed by atoms with Gasteiger partial charge in [0.1, 0.15) is 0 Å². The summed E-state index contributed by atoms with van der Waals surface area (Å²) in [7, 11) is 3.42. The normalized spacial score (nSPS) is 21.9. The van der Waals surface area contributed by atoms with Crippen molar-refractivity contribution in [1.29, 1.82) is 0 Å². The highest BCUT2D eigenvalue weighted by Crippen LogP contribution is 2.65. The maximum absolute atomic E-state index is 6.46. The van der Waals surface area contributed by atoms with Crippen molar-refractivity contribution in [2.45, 2.75) is 70.6 Å². The van der Waals surface area contributed by atoms with Gasteiger partial charge in [-0.15, -0.1) is 0 Å². The molecule has 3 aromatic carbocycles. The van der Waals surface area contributed by atoms with Crippen LogP contribution in [0.5, 0.6) is 34.5 Å². The average molecular weight is 471 g/mol. The molecule has 1 aliphatic heterocycles. The van der Waals surface area contributed by atoms with E-state index in [4.69, 9.17) is 18.9 Å². The summed E-state index contributed by atoms with van der Waals surface area (Å²) < 4.78 is 24.3. The van der Waals surface area contributed by atoms with Crippen LogP contribution in [-0.4, -0.2) is 14.2 Å². The van der Waals surface area contributed by atoms with Gasteiger partial charge in [-0.2, -0.15) is 0 Å². The number of hydrogen-bond acceptors (Lipinski definition) is 4. The molecule has 3 aliphatic rings. The maximum atomic E-state index is 6.46. The molecule has 0 amide bonds. The summed E-state index contributed by atoms with van der Waals surface area (Å²) in [6.45, 7) is 13.6. The van der Waals surface area contributed by atoms with E-state index in [0.29, 0.717) is 0 Å². The summed E-state index contributed by atoms with van der Waals surface area (Å²) in [4.78, 5) is 0. The lowest BCUT2D eigenvalue weighted by Crippen LogP contribution is -2.27. The number of hydrogen-bond donors (Lipinski definition) is 0. The molecule has 2 aliphatic carbocycles. The summed E-state index contributed by atoms with van der Waals surface area (Å²) in [5.41, 5.74) is 7.62. The molecular weight excluding hydrogens is 436 g/mol. The first-order valence-electron chi connectivity index (χ1n) is 12.4. The van der Waals surface area contributed by atoms with Crippen molar-refractivity contribution in [2.75, 3.05) is 14.2 Å². The maximum Gasteiger partial charge on any atom is 0.170 e. The molecule has 0 fully saturated rings. The van der Waals surface area contributed by atoms with E-state index in [0.717, 1.165) is 47.3 Å². The van der Waals surface area contributed by atoms with Gasteiger partial charge in [-0.25, -0.2) is 0 Å². The van der Waals surface area contributed by atoms with Crippen LogP contribution in [0.15, 0.2) is 36.4 Å².